The van der Waals surface area contributed by atoms with Gasteiger partial charge in [0.25, 0.3) is 0 Å². The number of carbonyl (C=O) groups is 1. The Bertz CT molecular complexity index is 310. The van der Waals surface area contributed by atoms with Crippen molar-refractivity contribution in [3.8, 4) is 0 Å². The van der Waals surface area contributed by atoms with Crippen LogP contribution in [0.25, 0.3) is 0 Å². The first-order chi connectivity index (χ1) is 8.69. The van der Waals surface area contributed by atoms with Crippen molar-refractivity contribution in [2.75, 3.05) is 13.2 Å². The van der Waals surface area contributed by atoms with E-state index in [-0.39, 0.29) is 5.79 Å². The van der Waals surface area contributed by atoms with E-state index in [1.54, 1.807) is 0 Å². The Morgan fingerprint density at radius 1 is 1.06 bits per heavy atom. The van der Waals surface area contributed by atoms with Crippen LogP contribution in [-0.2, 0) is 14.3 Å². The highest BCUT2D eigenvalue weighted by Crippen LogP contribution is 2.44. The third-order valence-electron chi connectivity index (χ3n) is 5.24. The van der Waals surface area contributed by atoms with Gasteiger partial charge in [-0.2, -0.15) is 0 Å². The SMILES string of the molecule is CC1CC(C2CCC3(CC2)OCCO3)CCC1=O. The Kier molecular flexibility index (Phi) is 3.46. The van der Waals surface area contributed by atoms with Crippen molar-refractivity contribution in [3.05, 3.63) is 0 Å². The zero-order chi connectivity index (χ0) is 12.6. The number of Topliss-reactive ketones (excluding diaryl/α,β-unsaturated/α-hetero) is 1. The fraction of sp³-hybridized carbons (Fsp3) is 0.933. The van der Waals surface area contributed by atoms with Crippen LogP contribution in [0.3, 0.4) is 0 Å². The molecule has 2 unspecified atom stereocenters. The third-order valence-corrected chi connectivity index (χ3v) is 5.24. The van der Waals surface area contributed by atoms with Gasteiger partial charge in [-0.1, -0.05) is 6.92 Å². The molecule has 0 aromatic rings. The van der Waals surface area contributed by atoms with Crippen LogP contribution in [0.4, 0.5) is 0 Å². The van der Waals surface area contributed by atoms with E-state index < -0.39 is 0 Å². The van der Waals surface area contributed by atoms with Crippen molar-refractivity contribution in [1.29, 1.82) is 0 Å². The molecule has 2 aliphatic carbocycles. The van der Waals surface area contributed by atoms with Crippen molar-refractivity contribution >= 4 is 5.78 Å². The molecule has 3 fully saturated rings. The normalized spacial score (nSPS) is 37.3. The van der Waals surface area contributed by atoms with Crippen LogP contribution in [0.15, 0.2) is 0 Å². The van der Waals surface area contributed by atoms with E-state index in [0.29, 0.717) is 11.7 Å². The van der Waals surface area contributed by atoms with Crippen LogP contribution in [0.2, 0.25) is 0 Å². The topological polar surface area (TPSA) is 35.5 Å². The molecule has 0 aromatic heterocycles. The highest BCUT2D eigenvalue weighted by atomic mass is 16.7. The molecule has 102 valence electrons. The van der Waals surface area contributed by atoms with Crippen molar-refractivity contribution in [2.45, 2.75) is 57.7 Å². The minimum absolute atomic E-state index is 0.230. The number of ether oxygens (including phenoxy) is 2. The van der Waals surface area contributed by atoms with Crippen LogP contribution < -0.4 is 0 Å². The van der Waals surface area contributed by atoms with E-state index in [0.717, 1.165) is 57.2 Å². The minimum Gasteiger partial charge on any atom is -0.348 e. The summed E-state index contributed by atoms with van der Waals surface area (Å²) in [6, 6.07) is 0. The number of carbonyl (C=O) groups excluding carboxylic acids is 1. The molecule has 2 atom stereocenters. The maximum Gasteiger partial charge on any atom is 0.168 e. The summed E-state index contributed by atoms with van der Waals surface area (Å²) >= 11 is 0. The Balaban J connectivity index is 1.55. The summed E-state index contributed by atoms with van der Waals surface area (Å²) in [4.78, 5) is 11.6. The molecule has 1 saturated heterocycles. The minimum atomic E-state index is -0.230. The maximum atomic E-state index is 11.6. The fourth-order valence-electron chi connectivity index (χ4n) is 4.04. The Morgan fingerprint density at radius 2 is 1.72 bits per heavy atom. The Morgan fingerprint density at radius 3 is 2.33 bits per heavy atom. The summed E-state index contributed by atoms with van der Waals surface area (Å²) in [5, 5.41) is 0. The maximum absolute atomic E-state index is 11.6. The van der Waals surface area contributed by atoms with Gasteiger partial charge in [-0.25, -0.2) is 0 Å². The lowest BCUT2D eigenvalue weighted by molar-refractivity contribution is -0.185. The summed E-state index contributed by atoms with van der Waals surface area (Å²) in [6.07, 6.45) is 7.56. The summed E-state index contributed by atoms with van der Waals surface area (Å²) in [5.74, 6) is 2.09. The molecule has 1 aliphatic heterocycles. The number of hydrogen-bond donors (Lipinski definition) is 0. The highest BCUT2D eigenvalue weighted by Gasteiger charge is 2.42. The molecule has 1 spiro atoms. The lowest BCUT2D eigenvalue weighted by Crippen LogP contribution is -2.38. The zero-order valence-electron chi connectivity index (χ0n) is 11.3. The van der Waals surface area contributed by atoms with Crippen LogP contribution >= 0.6 is 0 Å². The monoisotopic (exact) mass is 252 g/mol. The van der Waals surface area contributed by atoms with Crippen molar-refractivity contribution in [2.24, 2.45) is 17.8 Å². The molecular weight excluding hydrogens is 228 g/mol. The predicted octanol–water partition coefficient (Wildman–Crippen LogP) is 2.93. The summed E-state index contributed by atoms with van der Waals surface area (Å²) in [7, 11) is 0. The van der Waals surface area contributed by atoms with Gasteiger partial charge in [0.1, 0.15) is 5.78 Å². The number of ketones is 1. The molecule has 0 N–H and O–H groups in total. The highest BCUT2D eigenvalue weighted by molar-refractivity contribution is 5.81. The van der Waals surface area contributed by atoms with Gasteiger partial charge in [-0.05, 0) is 37.5 Å². The van der Waals surface area contributed by atoms with Gasteiger partial charge in [-0.15, -0.1) is 0 Å². The molecule has 1 heterocycles. The molecular formula is C15H24O3. The lowest BCUT2D eigenvalue weighted by atomic mass is 9.69. The van der Waals surface area contributed by atoms with Gasteiger partial charge in [0, 0.05) is 25.2 Å². The van der Waals surface area contributed by atoms with E-state index in [9.17, 15) is 4.79 Å². The van der Waals surface area contributed by atoms with E-state index in [1.165, 1.54) is 12.8 Å². The quantitative estimate of drug-likeness (QED) is 0.720. The van der Waals surface area contributed by atoms with Crippen LogP contribution in [0.1, 0.15) is 51.9 Å². The molecule has 3 rings (SSSR count). The van der Waals surface area contributed by atoms with E-state index >= 15 is 0 Å². The van der Waals surface area contributed by atoms with E-state index in [4.69, 9.17) is 9.47 Å². The number of hydrogen-bond acceptors (Lipinski definition) is 3. The molecule has 2 saturated carbocycles. The molecule has 0 radical (unpaired) electrons. The summed E-state index contributed by atoms with van der Waals surface area (Å²) in [6.45, 7) is 3.63. The van der Waals surface area contributed by atoms with Crippen LogP contribution in [0, 0.1) is 17.8 Å². The van der Waals surface area contributed by atoms with Gasteiger partial charge in [0.05, 0.1) is 13.2 Å². The van der Waals surface area contributed by atoms with Gasteiger partial charge in [0.15, 0.2) is 5.79 Å². The van der Waals surface area contributed by atoms with Crippen molar-refractivity contribution in [1.82, 2.24) is 0 Å². The smallest absolute Gasteiger partial charge is 0.168 e. The van der Waals surface area contributed by atoms with Crippen molar-refractivity contribution in [3.63, 3.8) is 0 Å². The second kappa shape index (κ2) is 4.93. The van der Waals surface area contributed by atoms with Gasteiger partial charge >= 0.3 is 0 Å². The summed E-state index contributed by atoms with van der Waals surface area (Å²) in [5.41, 5.74) is 0. The van der Waals surface area contributed by atoms with Gasteiger partial charge in [-0.3, -0.25) is 4.79 Å². The van der Waals surface area contributed by atoms with Crippen LogP contribution in [0.5, 0.6) is 0 Å². The average molecular weight is 252 g/mol. The number of rotatable bonds is 1. The molecule has 0 amide bonds. The average Bonchev–Trinajstić information content (AvgIpc) is 2.82. The lowest BCUT2D eigenvalue weighted by Gasteiger charge is -2.40. The molecule has 3 heteroatoms. The first kappa shape index (κ1) is 12.6. The van der Waals surface area contributed by atoms with Crippen LogP contribution in [-0.4, -0.2) is 24.8 Å². The molecule has 18 heavy (non-hydrogen) atoms. The first-order valence-corrected chi connectivity index (χ1v) is 7.49. The predicted molar refractivity (Wildman–Crippen MR) is 68.1 cm³/mol. The van der Waals surface area contributed by atoms with Crippen molar-refractivity contribution < 1.29 is 14.3 Å². The fourth-order valence-corrected chi connectivity index (χ4v) is 4.04. The largest absolute Gasteiger partial charge is 0.348 e. The second-order valence-electron chi connectivity index (χ2n) is 6.35. The molecule has 0 bridgehead atoms. The van der Waals surface area contributed by atoms with Gasteiger partial charge < -0.3 is 9.47 Å². The summed E-state index contributed by atoms with van der Waals surface area (Å²) < 4.78 is 11.6. The standard InChI is InChI=1S/C15H24O3/c1-11-10-13(2-3-14(11)16)12-4-6-15(7-5-12)17-8-9-18-15/h11-13H,2-10H2,1H3. The third kappa shape index (κ3) is 2.35. The second-order valence-corrected chi connectivity index (χ2v) is 6.35. The molecule has 0 aromatic carbocycles. The Labute approximate surface area is 109 Å². The zero-order valence-corrected chi connectivity index (χ0v) is 11.3. The first-order valence-electron chi connectivity index (χ1n) is 7.49. The van der Waals surface area contributed by atoms with Gasteiger partial charge in [0.2, 0.25) is 0 Å². The Hall–Kier alpha value is -0.410. The van der Waals surface area contributed by atoms with E-state index in [2.05, 4.69) is 6.92 Å². The molecule has 3 aliphatic rings. The molecule has 3 nitrogen and oxygen atoms in total. The van der Waals surface area contributed by atoms with E-state index in [1.807, 2.05) is 0 Å².